The third-order valence-electron chi connectivity index (χ3n) is 3.74. The summed E-state index contributed by atoms with van der Waals surface area (Å²) in [5.41, 5.74) is 2.01. The number of amides is 1. The van der Waals surface area contributed by atoms with Gasteiger partial charge in [-0.2, -0.15) is 0 Å². The molecule has 2 heterocycles. The average molecular weight is 269 g/mol. The number of carbonyl (C=O) groups is 1. The van der Waals surface area contributed by atoms with E-state index in [1.807, 2.05) is 23.1 Å². The molecule has 0 atom stereocenters. The number of aromatic amines is 1. The normalized spacial score (nSPS) is 16.3. The van der Waals surface area contributed by atoms with E-state index in [4.69, 9.17) is 0 Å². The monoisotopic (exact) mass is 269 g/mol. The van der Waals surface area contributed by atoms with E-state index in [0.717, 1.165) is 32.7 Å². The fourth-order valence-electron chi connectivity index (χ4n) is 2.58. The molecule has 1 aliphatic heterocycles. The predicted molar refractivity (Wildman–Crippen MR) is 78.4 cm³/mol. The van der Waals surface area contributed by atoms with E-state index < -0.39 is 0 Å². The number of aromatic nitrogens is 1. The van der Waals surface area contributed by atoms with E-state index in [1.165, 1.54) is 5.56 Å². The summed E-state index contributed by atoms with van der Waals surface area (Å²) < 4.78 is 0. The van der Waals surface area contributed by atoms with Gasteiger partial charge in [0.2, 0.25) is 0 Å². The van der Waals surface area contributed by atoms with Crippen LogP contribution >= 0.6 is 0 Å². The number of hydrogen-bond donors (Lipinski definition) is 1. The Morgan fingerprint density at radius 2 is 1.75 bits per heavy atom. The molecule has 1 aromatic carbocycles. The lowest BCUT2D eigenvalue weighted by molar-refractivity contribution is 0.0623. The smallest absolute Gasteiger partial charge is 0.270 e. The van der Waals surface area contributed by atoms with Crippen molar-refractivity contribution in [2.75, 3.05) is 26.2 Å². The van der Waals surface area contributed by atoms with Crippen LogP contribution in [-0.4, -0.2) is 46.9 Å². The molecule has 2 aromatic rings. The van der Waals surface area contributed by atoms with Crippen molar-refractivity contribution in [2.45, 2.75) is 6.54 Å². The first-order valence-electron chi connectivity index (χ1n) is 7.02. The van der Waals surface area contributed by atoms with Crippen molar-refractivity contribution in [3.05, 3.63) is 59.9 Å². The molecule has 0 unspecified atom stereocenters. The van der Waals surface area contributed by atoms with Gasteiger partial charge in [0, 0.05) is 38.9 Å². The second-order valence-corrected chi connectivity index (χ2v) is 5.14. The van der Waals surface area contributed by atoms with Gasteiger partial charge < -0.3 is 9.88 Å². The van der Waals surface area contributed by atoms with Crippen LogP contribution in [0.25, 0.3) is 0 Å². The summed E-state index contributed by atoms with van der Waals surface area (Å²) >= 11 is 0. The number of nitrogens with zero attached hydrogens (tertiary/aromatic N) is 2. The van der Waals surface area contributed by atoms with Gasteiger partial charge in [-0.3, -0.25) is 9.69 Å². The Labute approximate surface area is 119 Å². The first-order valence-corrected chi connectivity index (χ1v) is 7.02. The molecule has 0 radical (unpaired) electrons. The van der Waals surface area contributed by atoms with Crippen LogP contribution in [0, 0.1) is 0 Å². The molecule has 104 valence electrons. The van der Waals surface area contributed by atoms with E-state index in [1.54, 1.807) is 6.20 Å². The van der Waals surface area contributed by atoms with Crippen LogP contribution < -0.4 is 0 Å². The number of carbonyl (C=O) groups excluding carboxylic acids is 1. The second-order valence-electron chi connectivity index (χ2n) is 5.14. The summed E-state index contributed by atoms with van der Waals surface area (Å²) in [5, 5.41) is 0. The molecule has 1 N–H and O–H groups in total. The highest BCUT2D eigenvalue weighted by molar-refractivity contribution is 5.92. The summed E-state index contributed by atoms with van der Waals surface area (Å²) in [4.78, 5) is 19.5. The molecule has 0 bridgehead atoms. The van der Waals surface area contributed by atoms with E-state index in [2.05, 4.69) is 34.1 Å². The standard InChI is InChI=1S/C16H19N3O/c20-16(15-7-4-8-17-15)19-11-9-18(10-12-19)13-14-5-2-1-3-6-14/h1-8,17H,9-13H2. The highest BCUT2D eigenvalue weighted by Crippen LogP contribution is 2.10. The SMILES string of the molecule is O=C(c1ccc[nH]1)N1CCN(Cc2ccccc2)CC1. The van der Waals surface area contributed by atoms with Crippen molar-refractivity contribution >= 4 is 5.91 Å². The first-order chi connectivity index (χ1) is 9.83. The minimum absolute atomic E-state index is 0.106. The van der Waals surface area contributed by atoms with Crippen molar-refractivity contribution in [1.29, 1.82) is 0 Å². The zero-order valence-electron chi connectivity index (χ0n) is 11.5. The molecule has 1 saturated heterocycles. The number of rotatable bonds is 3. The van der Waals surface area contributed by atoms with E-state index >= 15 is 0 Å². The Hall–Kier alpha value is -2.07. The van der Waals surface area contributed by atoms with Gasteiger partial charge >= 0.3 is 0 Å². The average Bonchev–Trinajstić information content (AvgIpc) is 3.03. The summed E-state index contributed by atoms with van der Waals surface area (Å²) in [6, 6.07) is 14.2. The van der Waals surface area contributed by atoms with Gasteiger partial charge in [-0.05, 0) is 17.7 Å². The lowest BCUT2D eigenvalue weighted by Gasteiger charge is -2.34. The zero-order chi connectivity index (χ0) is 13.8. The van der Waals surface area contributed by atoms with Crippen LogP contribution in [0.4, 0.5) is 0 Å². The fraction of sp³-hybridized carbons (Fsp3) is 0.312. The second kappa shape index (κ2) is 5.92. The molecule has 4 nitrogen and oxygen atoms in total. The van der Waals surface area contributed by atoms with Crippen LogP contribution in [0.1, 0.15) is 16.1 Å². The maximum atomic E-state index is 12.2. The molecule has 1 aromatic heterocycles. The minimum atomic E-state index is 0.106. The van der Waals surface area contributed by atoms with Gasteiger partial charge in [0.05, 0.1) is 0 Å². The molecule has 4 heteroatoms. The number of benzene rings is 1. The number of piperazine rings is 1. The Morgan fingerprint density at radius 1 is 1.00 bits per heavy atom. The van der Waals surface area contributed by atoms with Crippen LogP contribution in [0.3, 0.4) is 0 Å². The zero-order valence-corrected chi connectivity index (χ0v) is 11.5. The van der Waals surface area contributed by atoms with Gasteiger partial charge in [0.25, 0.3) is 5.91 Å². The summed E-state index contributed by atoms with van der Waals surface area (Å²) in [5.74, 6) is 0.106. The maximum Gasteiger partial charge on any atom is 0.270 e. The molecule has 20 heavy (non-hydrogen) atoms. The van der Waals surface area contributed by atoms with Crippen molar-refractivity contribution < 1.29 is 4.79 Å². The molecular formula is C16H19N3O. The minimum Gasteiger partial charge on any atom is -0.357 e. The predicted octanol–water partition coefficient (Wildman–Crippen LogP) is 1.97. The lowest BCUT2D eigenvalue weighted by atomic mass is 10.2. The molecule has 0 spiro atoms. The number of H-pyrrole nitrogens is 1. The Morgan fingerprint density at radius 3 is 2.40 bits per heavy atom. The molecule has 1 amide bonds. The summed E-state index contributed by atoms with van der Waals surface area (Å²) in [6.45, 7) is 4.42. The van der Waals surface area contributed by atoms with E-state index in [-0.39, 0.29) is 5.91 Å². The third-order valence-corrected chi connectivity index (χ3v) is 3.74. The molecular weight excluding hydrogens is 250 g/mol. The van der Waals surface area contributed by atoms with Gasteiger partial charge in [-0.15, -0.1) is 0 Å². The van der Waals surface area contributed by atoms with Crippen LogP contribution in [0.5, 0.6) is 0 Å². The van der Waals surface area contributed by atoms with Crippen molar-refractivity contribution in [1.82, 2.24) is 14.8 Å². The van der Waals surface area contributed by atoms with Crippen molar-refractivity contribution in [3.8, 4) is 0 Å². The van der Waals surface area contributed by atoms with Crippen molar-refractivity contribution in [3.63, 3.8) is 0 Å². The number of nitrogens with one attached hydrogen (secondary N) is 1. The van der Waals surface area contributed by atoms with Crippen molar-refractivity contribution in [2.24, 2.45) is 0 Å². The molecule has 0 aliphatic carbocycles. The largest absolute Gasteiger partial charge is 0.357 e. The van der Waals surface area contributed by atoms with Crippen LogP contribution in [0.15, 0.2) is 48.7 Å². The number of hydrogen-bond acceptors (Lipinski definition) is 2. The van der Waals surface area contributed by atoms with E-state index in [0.29, 0.717) is 5.69 Å². The topological polar surface area (TPSA) is 39.3 Å². The highest BCUT2D eigenvalue weighted by atomic mass is 16.2. The Balaban J connectivity index is 1.53. The first kappa shape index (κ1) is 12.9. The van der Waals surface area contributed by atoms with Gasteiger partial charge in [-0.1, -0.05) is 30.3 Å². The molecule has 3 rings (SSSR count). The molecule has 1 aliphatic rings. The third kappa shape index (κ3) is 2.91. The fourth-order valence-corrected chi connectivity index (χ4v) is 2.58. The van der Waals surface area contributed by atoms with Gasteiger partial charge in [0.15, 0.2) is 0 Å². The van der Waals surface area contributed by atoms with Crippen LogP contribution in [0.2, 0.25) is 0 Å². The highest BCUT2D eigenvalue weighted by Gasteiger charge is 2.22. The van der Waals surface area contributed by atoms with Gasteiger partial charge in [-0.25, -0.2) is 0 Å². The lowest BCUT2D eigenvalue weighted by Crippen LogP contribution is -2.48. The summed E-state index contributed by atoms with van der Waals surface area (Å²) in [6.07, 6.45) is 1.79. The molecule has 1 fully saturated rings. The van der Waals surface area contributed by atoms with E-state index in [9.17, 15) is 4.79 Å². The Bertz CT molecular complexity index is 542. The Kier molecular flexibility index (Phi) is 3.83. The maximum absolute atomic E-state index is 12.2. The van der Waals surface area contributed by atoms with Gasteiger partial charge in [0.1, 0.15) is 5.69 Å². The van der Waals surface area contributed by atoms with Crippen LogP contribution in [-0.2, 0) is 6.54 Å². The molecule has 0 saturated carbocycles. The summed E-state index contributed by atoms with van der Waals surface area (Å²) in [7, 11) is 0. The quantitative estimate of drug-likeness (QED) is 0.925.